The van der Waals surface area contributed by atoms with E-state index in [1.54, 1.807) is 10.6 Å². The molecule has 0 spiro atoms. The molecule has 2 heterocycles. The van der Waals surface area contributed by atoms with Crippen molar-refractivity contribution >= 4 is 23.1 Å². The summed E-state index contributed by atoms with van der Waals surface area (Å²) in [4.78, 5) is 0. The summed E-state index contributed by atoms with van der Waals surface area (Å²) >= 11 is 0. The Bertz CT molecular complexity index is 797. The Morgan fingerprint density at radius 3 is 1.05 bits per heavy atom. The minimum absolute atomic E-state index is 0. The molecule has 0 aromatic rings. The van der Waals surface area contributed by atoms with Crippen LogP contribution < -0.4 is 0 Å². The Morgan fingerprint density at radius 1 is 0.585 bits per heavy atom. The van der Waals surface area contributed by atoms with Crippen molar-refractivity contribution in [2.45, 2.75) is 115 Å². The fourth-order valence-corrected chi connectivity index (χ4v) is 12.3. The summed E-state index contributed by atoms with van der Waals surface area (Å²) < 4.78 is 39.0. The van der Waals surface area contributed by atoms with Gasteiger partial charge in [0.1, 0.15) is 0 Å². The molecule has 41 heavy (non-hydrogen) atoms. The predicted octanol–water partition coefficient (Wildman–Crippen LogP) is 12.1. The van der Waals surface area contributed by atoms with E-state index in [1.165, 1.54) is 64.2 Å². The van der Waals surface area contributed by atoms with Gasteiger partial charge in [0.25, 0.3) is 0 Å². The fourth-order valence-electron chi connectivity index (χ4n) is 5.63. The molecule has 0 unspecified atom stereocenters. The maximum absolute atomic E-state index is 9.75. The van der Waals surface area contributed by atoms with E-state index in [0.29, 0.717) is 0 Å². The van der Waals surface area contributed by atoms with Gasteiger partial charge in [-0.3, -0.25) is 0 Å². The van der Waals surface area contributed by atoms with Crippen LogP contribution in [-0.2, 0) is 36.5 Å². The monoisotopic (exact) mass is 740 g/mol. The van der Waals surface area contributed by atoms with Crippen LogP contribution in [0.3, 0.4) is 0 Å². The van der Waals surface area contributed by atoms with Crippen LogP contribution in [0.15, 0.2) is 71.4 Å². The molecule has 3 aliphatic carbocycles. The zero-order valence-corrected chi connectivity index (χ0v) is 29.5. The van der Waals surface area contributed by atoms with Gasteiger partial charge in [-0.25, -0.2) is 0 Å². The van der Waals surface area contributed by atoms with Crippen LogP contribution in [0.2, 0.25) is 0 Å². The minimum atomic E-state index is -6.00. The number of allylic oxidation sites excluding steroid dienone is 12. The van der Waals surface area contributed by atoms with Crippen molar-refractivity contribution in [1.29, 1.82) is 0 Å². The Hall–Kier alpha value is 0.228. The maximum atomic E-state index is 9.75. The summed E-state index contributed by atoms with van der Waals surface area (Å²) in [6.45, 7) is 9.37. The summed E-state index contributed by atoms with van der Waals surface area (Å²) in [6, 6.07) is 0. The molecule has 2 aliphatic heterocycles. The van der Waals surface area contributed by atoms with Gasteiger partial charge in [0.15, 0.2) is 0 Å². The molecular weight excluding hydrogens is 692 g/mol. The van der Waals surface area contributed by atoms with Gasteiger partial charge < -0.3 is 17.3 Å². The van der Waals surface area contributed by atoms with Crippen LogP contribution in [0.25, 0.3) is 0 Å². The van der Waals surface area contributed by atoms with Gasteiger partial charge in [-0.2, -0.15) is 0 Å². The SMILES string of the molecule is C1=C\CC/C=C\CC/1.CC[C@@H]1C[C@@H](CC)P1C1=CC=C[CH]1.CC[C@@H]1C[C@@H](CC)P1C1=CC=C[CH]1.F[B-](F)(F)F.[Fe].[Rh]. The van der Waals surface area contributed by atoms with Crippen LogP contribution in [0.1, 0.15) is 91.9 Å². The smallest absolute Gasteiger partial charge is 0.418 e. The van der Waals surface area contributed by atoms with Crippen molar-refractivity contribution in [2.24, 2.45) is 0 Å². The first-order valence-electron chi connectivity index (χ1n) is 14.9. The Kier molecular flexibility index (Phi) is 22.8. The van der Waals surface area contributed by atoms with Crippen molar-refractivity contribution in [3.8, 4) is 0 Å². The van der Waals surface area contributed by atoms with E-state index in [9.17, 15) is 17.3 Å². The summed E-state index contributed by atoms with van der Waals surface area (Å²) in [7, 11) is -5.57. The quantitative estimate of drug-likeness (QED) is 0.110. The second kappa shape index (κ2) is 22.7. The van der Waals surface area contributed by atoms with Gasteiger partial charge in [0.2, 0.25) is 0 Å². The molecule has 0 N–H and O–H groups in total. The Morgan fingerprint density at radius 2 is 0.854 bits per heavy atom. The standard InChI is InChI=1S/2C12H18P.C8H12.BF4.Fe.Rh/c2*1-3-10-9-11(4-2)13(10)12-7-5-6-8-12;1-2-4-6-8-7-5-3-1;2-1(3,4)5;;/h2*5-8,10-11H,3-4,9H2,1-2H3;1-2,7-8H,3-6H2;;;/q;;;-1;;/b;;2-1-,8-7-;;;/t2*10-,11-;;;;/m11..../s1. The van der Waals surface area contributed by atoms with Gasteiger partial charge in [0, 0.05) is 49.4 Å². The van der Waals surface area contributed by atoms with Crippen molar-refractivity contribution in [3.05, 3.63) is 84.2 Å². The van der Waals surface area contributed by atoms with Crippen molar-refractivity contribution in [1.82, 2.24) is 0 Å². The Labute approximate surface area is 274 Å². The number of rotatable bonds is 6. The molecule has 3 radical (unpaired) electrons. The average molecular weight is 740 g/mol. The third kappa shape index (κ3) is 15.2. The van der Waals surface area contributed by atoms with Crippen molar-refractivity contribution in [2.75, 3.05) is 0 Å². The van der Waals surface area contributed by atoms with Crippen molar-refractivity contribution < 1.29 is 53.8 Å². The van der Waals surface area contributed by atoms with Crippen molar-refractivity contribution in [3.63, 3.8) is 0 Å². The summed E-state index contributed by atoms with van der Waals surface area (Å²) in [5.74, 6) is 0. The summed E-state index contributed by atoms with van der Waals surface area (Å²) in [5.41, 5.74) is 4.12. The van der Waals surface area contributed by atoms with E-state index in [1.807, 2.05) is 0 Å². The molecule has 0 saturated carbocycles. The molecule has 5 aliphatic rings. The van der Waals surface area contributed by atoms with Crippen LogP contribution >= 0.6 is 15.8 Å². The summed E-state index contributed by atoms with van der Waals surface area (Å²) in [6.07, 6.45) is 40.6. The fraction of sp³-hybridized carbons (Fsp3) is 0.562. The third-order valence-corrected chi connectivity index (χ3v) is 15.0. The van der Waals surface area contributed by atoms with Gasteiger partial charge >= 0.3 is 7.25 Å². The van der Waals surface area contributed by atoms with Gasteiger partial charge in [-0.15, -0.1) is 0 Å². The normalized spacial score (nSPS) is 28.0. The van der Waals surface area contributed by atoms with E-state index in [-0.39, 0.29) is 52.4 Å². The maximum Gasteiger partial charge on any atom is 0.673 e. The van der Waals surface area contributed by atoms with E-state index in [0.717, 1.165) is 22.6 Å². The van der Waals surface area contributed by atoms with Gasteiger partial charge in [0.05, 0.1) is 0 Å². The van der Waals surface area contributed by atoms with Crippen LogP contribution in [0, 0.1) is 12.8 Å². The molecule has 0 bridgehead atoms. The number of hydrogen-bond acceptors (Lipinski definition) is 0. The zero-order chi connectivity index (χ0) is 28.7. The van der Waals surface area contributed by atoms with Gasteiger partial charge in [-0.05, 0) is 97.5 Å². The molecular formula is C32H48BF4FeP2Rh-. The molecule has 0 amide bonds. The first-order valence-corrected chi connectivity index (χ1v) is 17.9. The van der Waals surface area contributed by atoms with Crippen LogP contribution in [0.5, 0.6) is 0 Å². The minimum Gasteiger partial charge on any atom is -0.418 e. The van der Waals surface area contributed by atoms with E-state index >= 15 is 0 Å². The molecule has 0 aromatic carbocycles. The second-order valence-corrected chi connectivity index (χ2v) is 16.0. The van der Waals surface area contributed by atoms with Crippen LogP contribution in [-0.4, -0.2) is 29.9 Å². The zero-order valence-electron chi connectivity index (χ0n) is 25.0. The number of hydrogen-bond donors (Lipinski definition) is 0. The molecule has 235 valence electrons. The molecule has 0 aromatic heterocycles. The van der Waals surface area contributed by atoms with Crippen LogP contribution in [0.4, 0.5) is 17.3 Å². The Balaban J connectivity index is 0.000000541. The summed E-state index contributed by atoms with van der Waals surface area (Å²) in [5, 5.41) is 3.31. The molecule has 0 nitrogen and oxygen atoms in total. The average Bonchev–Trinajstić information content (AvgIpc) is 3.53. The largest absolute Gasteiger partial charge is 0.673 e. The third-order valence-electron chi connectivity index (χ3n) is 7.77. The van der Waals surface area contributed by atoms with E-state index < -0.39 is 7.25 Å². The topological polar surface area (TPSA) is 0 Å². The first-order chi connectivity index (χ1) is 18.7. The molecule has 4 atom stereocenters. The van der Waals surface area contributed by atoms with Gasteiger partial charge in [-0.1, -0.05) is 104 Å². The first kappa shape index (κ1) is 41.2. The second-order valence-electron chi connectivity index (χ2n) is 10.4. The molecule has 9 heteroatoms. The molecule has 2 fully saturated rings. The van der Waals surface area contributed by atoms with E-state index in [2.05, 4.69) is 101 Å². The molecule has 5 rings (SSSR count). The number of halogens is 4. The molecule has 2 saturated heterocycles. The van der Waals surface area contributed by atoms with E-state index in [4.69, 9.17) is 0 Å². The predicted molar refractivity (Wildman–Crippen MR) is 169 cm³/mol.